The van der Waals surface area contributed by atoms with E-state index in [1.807, 2.05) is 0 Å². The molecule has 0 aliphatic rings. The Hall–Kier alpha value is -0.520. The van der Waals surface area contributed by atoms with Crippen molar-refractivity contribution in [2.45, 2.75) is 34.1 Å². The van der Waals surface area contributed by atoms with Crippen LogP contribution in [0.25, 0.3) is 0 Å². The van der Waals surface area contributed by atoms with E-state index in [4.69, 9.17) is 0 Å². The van der Waals surface area contributed by atoms with E-state index in [2.05, 4.69) is 45.9 Å². The lowest BCUT2D eigenvalue weighted by Crippen LogP contribution is -1.89. The second-order valence-electron chi connectivity index (χ2n) is 2.84. The van der Waals surface area contributed by atoms with Crippen molar-refractivity contribution in [3.05, 3.63) is 23.8 Å². The molecule has 0 nitrogen and oxygen atoms in total. The van der Waals surface area contributed by atoms with Crippen molar-refractivity contribution in [1.29, 1.82) is 0 Å². The monoisotopic (exact) mass is 138 g/mol. The van der Waals surface area contributed by atoms with E-state index in [0.717, 1.165) is 0 Å². The van der Waals surface area contributed by atoms with Crippen LogP contribution in [-0.4, -0.2) is 0 Å². The molecule has 0 bridgehead atoms. The van der Waals surface area contributed by atoms with E-state index in [9.17, 15) is 0 Å². The molecule has 0 aromatic rings. The highest BCUT2D eigenvalue weighted by atomic mass is 14.0. The molecule has 0 heterocycles. The predicted molar refractivity (Wildman–Crippen MR) is 48.0 cm³/mol. The molecule has 0 N–H and O–H groups in total. The summed E-state index contributed by atoms with van der Waals surface area (Å²) in [6.45, 7) is 8.59. The number of rotatable bonds is 3. The minimum Gasteiger partial charge on any atom is -0.0914 e. The van der Waals surface area contributed by atoms with Gasteiger partial charge in [-0.05, 0) is 33.1 Å². The van der Waals surface area contributed by atoms with Crippen molar-refractivity contribution in [2.24, 2.45) is 5.92 Å². The fraction of sp³-hybridized carbons (Fsp3) is 0.600. The third-order valence-electron chi connectivity index (χ3n) is 1.66. The first-order chi connectivity index (χ1) is 4.70. The zero-order chi connectivity index (χ0) is 7.98. The topological polar surface area (TPSA) is 0 Å². The average Bonchev–Trinajstić information content (AvgIpc) is 1.88. The Morgan fingerprint density at radius 3 is 2.40 bits per heavy atom. The van der Waals surface area contributed by atoms with E-state index < -0.39 is 0 Å². The van der Waals surface area contributed by atoms with Gasteiger partial charge in [0.05, 0.1) is 0 Å². The van der Waals surface area contributed by atoms with E-state index in [0.29, 0.717) is 5.92 Å². The lowest BCUT2D eigenvalue weighted by Gasteiger charge is -2.04. The fourth-order valence-electron chi connectivity index (χ4n) is 1.02. The highest BCUT2D eigenvalue weighted by Crippen LogP contribution is 2.11. The van der Waals surface area contributed by atoms with Crippen LogP contribution in [0.5, 0.6) is 0 Å². The Morgan fingerprint density at radius 1 is 1.40 bits per heavy atom. The first-order valence-corrected chi connectivity index (χ1v) is 3.95. The molecule has 0 unspecified atom stereocenters. The van der Waals surface area contributed by atoms with Crippen LogP contribution in [0, 0.1) is 5.92 Å². The smallest absolute Gasteiger partial charge is 0.0225 e. The van der Waals surface area contributed by atoms with Crippen molar-refractivity contribution in [3.8, 4) is 0 Å². The molecule has 0 aliphatic carbocycles. The molecular weight excluding hydrogens is 120 g/mol. The molecule has 0 aromatic heterocycles. The van der Waals surface area contributed by atoms with Gasteiger partial charge in [-0.15, -0.1) is 0 Å². The van der Waals surface area contributed by atoms with Crippen LogP contribution in [-0.2, 0) is 0 Å². The summed E-state index contributed by atoms with van der Waals surface area (Å²) in [6.07, 6.45) is 7.74. The third kappa shape index (κ3) is 4.37. The highest BCUT2D eigenvalue weighted by Gasteiger charge is 1.95. The minimum absolute atomic E-state index is 0.696. The quantitative estimate of drug-likeness (QED) is 0.523. The molecule has 0 aliphatic heterocycles. The maximum absolute atomic E-state index is 2.24. The number of hydrogen-bond acceptors (Lipinski definition) is 0. The molecule has 0 rings (SSSR count). The number of allylic oxidation sites excluding steroid dienone is 4. The second kappa shape index (κ2) is 5.28. The van der Waals surface area contributed by atoms with Crippen LogP contribution in [0.2, 0.25) is 0 Å². The second-order valence-corrected chi connectivity index (χ2v) is 2.84. The average molecular weight is 138 g/mol. The Balaban J connectivity index is 3.68. The van der Waals surface area contributed by atoms with Gasteiger partial charge in [0, 0.05) is 0 Å². The summed E-state index contributed by atoms with van der Waals surface area (Å²) >= 11 is 0. The zero-order valence-electron chi connectivity index (χ0n) is 7.52. The lowest BCUT2D eigenvalue weighted by molar-refractivity contribution is 0.714. The molecule has 0 spiro atoms. The normalized spacial score (nSPS) is 16.2. The fourth-order valence-corrected chi connectivity index (χ4v) is 1.02. The summed E-state index contributed by atoms with van der Waals surface area (Å²) in [5, 5.41) is 0. The van der Waals surface area contributed by atoms with Gasteiger partial charge in [0.2, 0.25) is 0 Å². The van der Waals surface area contributed by atoms with Crippen LogP contribution >= 0.6 is 0 Å². The molecule has 0 saturated carbocycles. The Kier molecular flexibility index (Phi) is 5.00. The molecule has 58 valence electrons. The summed E-state index contributed by atoms with van der Waals surface area (Å²) in [6, 6.07) is 0. The molecule has 0 aromatic carbocycles. The van der Waals surface area contributed by atoms with Crippen molar-refractivity contribution < 1.29 is 0 Å². The summed E-state index contributed by atoms with van der Waals surface area (Å²) in [5.74, 6) is 0.696. The minimum atomic E-state index is 0.696. The van der Waals surface area contributed by atoms with E-state index in [1.165, 1.54) is 12.0 Å². The highest BCUT2D eigenvalue weighted by molar-refractivity contribution is 5.00. The van der Waals surface area contributed by atoms with Gasteiger partial charge in [-0.25, -0.2) is 0 Å². The van der Waals surface area contributed by atoms with Crippen molar-refractivity contribution >= 4 is 0 Å². The van der Waals surface area contributed by atoms with E-state index in [1.54, 1.807) is 0 Å². The first kappa shape index (κ1) is 9.48. The van der Waals surface area contributed by atoms with Crippen LogP contribution in [0.3, 0.4) is 0 Å². The van der Waals surface area contributed by atoms with Crippen LogP contribution in [0.15, 0.2) is 23.8 Å². The molecule has 0 heteroatoms. The van der Waals surface area contributed by atoms with Crippen LogP contribution < -0.4 is 0 Å². The van der Waals surface area contributed by atoms with Gasteiger partial charge < -0.3 is 0 Å². The molecule has 0 amide bonds. The van der Waals surface area contributed by atoms with Gasteiger partial charge in [0.1, 0.15) is 0 Å². The SMILES string of the molecule is CC=C[C@@H](C)CC(C)=CC. The van der Waals surface area contributed by atoms with E-state index >= 15 is 0 Å². The van der Waals surface area contributed by atoms with Gasteiger partial charge in [-0.1, -0.05) is 30.7 Å². The first-order valence-electron chi connectivity index (χ1n) is 3.95. The maximum Gasteiger partial charge on any atom is -0.0225 e. The van der Waals surface area contributed by atoms with Gasteiger partial charge in [-0.2, -0.15) is 0 Å². The zero-order valence-corrected chi connectivity index (χ0v) is 7.52. The van der Waals surface area contributed by atoms with Gasteiger partial charge in [0.25, 0.3) is 0 Å². The van der Waals surface area contributed by atoms with Gasteiger partial charge >= 0.3 is 0 Å². The molecule has 0 radical (unpaired) electrons. The van der Waals surface area contributed by atoms with Crippen LogP contribution in [0.4, 0.5) is 0 Å². The van der Waals surface area contributed by atoms with Gasteiger partial charge in [0.15, 0.2) is 0 Å². The van der Waals surface area contributed by atoms with Gasteiger partial charge in [-0.3, -0.25) is 0 Å². The Bertz CT molecular complexity index is 129. The summed E-state index contributed by atoms with van der Waals surface area (Å²) < 4.78 is 0. The maximum atomic E-state index is 2.24. The third-order valence-corrected chi connectivity index (χ3v) is 1.66. The molecule has 1 atom stereocenters. The van der Waals surface area contributed by atoms with Crippen molar-refractivity contribution in [1.82, 2.24) is 0 Å². The van der Waals surface area contributed by atoms with Crippen LogP contribution in [0.1, 0.15) is 34.1 Å². The Labute approximate surface area is 64.6 Å². The standard InChI is InChI=1S/C10H18/c1-5-7-10(4)8-9(3)6-2/h5-7,10H,8H2,1-4H3/t10-/m1/s1. The molecule has 0 fully saturated rings. The predicted octanol–water partition coefficient (Wildman–Crippen LogP) is 3.55. The van der Waals surface area contributed by atoms with Crippen molar-refractivity contribution in [2.75, 3.05) is 0 Å². The molecule has 0 saturated heterocycles. The molecule has 10 heavy (non-hydrogen) atoms. The summed E-state index contributed by atoms with van der Waals surface area (Å²) in [7, 11) is 0. The largest absolute Gasteiger partial charge is 0.0914 e. The summed E-state index contributed by atoms with van der Waals surface area (Å²) in [4.78, 5) is 0. The van der Waals surface area contributed by atoms with E-state index in [-0.39, 0.29) is 0 Å². The van der Waals surface area contributed by atoms with Crippen molar-refractivity contribution in [3.63, 3.8) is 0 Å². The summed E-state index contributed by atoms with van der Waals surface area (Å²) in [5.41, 5.74) is 1.48. The Morgan fingerprint density at radius 2 is 2.00 bits per heavy atom. The number of hydrogen-bond donors (Lipinski definition) is 0. The molecular formula is C10H18. The lowest BCUT2D eigenvalue weighted by atomic mass is 10.0.